The van der Waals surface area contributed by atoms with Crippen molar-refractivity contribution < 1.29 is 30.8 Å². The number of alkyl halides is 4. The molecule has 1 unspecified atom stereocenters. The first kappa shape index (κ1) is 16.6. The first-order valence-electron chi connectivity index (χ1n) is 5.95. The van der Waals surface area contributed by atoms with E-state index in [1.807, 2.05) is 0 Å². The highest BCUT2D eigenvalue weighted by molar-refractivity contribution is 8.05. The standard InChI is InChI=1S/C10H12F4N4O3S/c1-9(2)6(11)8(17-21-9)22(19,20)4-5-7(10(12,13)14)16-18(3)15-5/h6H,4H2,1-3H3. The van der Waals surface area contributed by atoms with E-state index in [0.717, 1.165) is 7.05 Å². The van der Waals surface area contributed by atoms with Crippen LogP contribution in [0, 0.1) is 0 Å². The molecule has 0 bridgehead atoms. The Hall–Kier alpha value is -1.72. The van der Waals surface area contributed by atoms with Crippen molar-refractivity contribution in [3.63, 3.8) is 0 Å². The fraction of sp³-hybridized carbons (Fsp3) is 0.700. The lowest BCUT2D eigenvalue weighted by atomic mass is 10.1. The molecule has 22 heavy (non-hydrogen) atoms. The van der Waals surface area contributed by atoms with E-state index in [0.29, 0.717) is 4.80 Å². The lowest BCUT2D eigenvalue weighted by Gasteiger charge is -2.17. The van der Waals surface area contributed by atoms with Gasteiger partial charge in [0.1, 0.15) is 11.4 Å². The van der Waals surface area contributed by atoms with Crippen molar-refractivity contribution in [3.05, 3.63) is 11.4 Å². The third kappa shape index (κ3) is 2.91. The van der Waals surface area contributed by atoms with Crippen LogP contribution in [-0.4, -0.2) is 40.2 Å². The average molecular weight is 344 g/mol. The number of aryl methyl sites for hydroxylation is 1. The summed E-state index contributed by atoms with van der Waals surface area (Å²) in [6.07, 6.45) is -6.95. The van der Waals surface area contributed by atoms with Crippen LogP contribution in [0.5, 0.6) is 0 Å². The highest BCUT2D eigenvalue weighted by Crippen LogP contribution is 2.32. The van der Waals surface area contributed by atoms with Crippen LogP contribution in [0.1, 0.15) is 25.2 Å². The summed E-state index contributed by atoms with van der Waals surface area (Å²) < 4.78 is 76.5. The number of oxime groups is 1. The number of hydrogen-bond acceptors (Lipinski definition) is 6. The molecule has 0 N–H and O–H groups in total. The van der Waals surface area contributed by atoms with Gasteiger partial charge in [0, 0.05) is 7.05 Å². The van der Waals surface area contributed by atoms with Crippen molar-refractivity contribution in [1.29, 1.82) is 0 Å². The molecule has 1 aliphatic heterocycles. The third-order valence-corrected chi connectivity index (χ3v) is 4.47. The molecule has 0 saturated carbocycles. The predicted molar refractivity (Wildman–Crippen MR) is 66.1 cm³/mol. The molecule has 0 saturated heterocycles. The smallest absolute Gasteiger partial charge is 0.385 e. The molecule has 0 amide bonds. The molecule has 124 valence electrons. The minimum atomic E-state index is -4.87. The van der Waals surface area contributed by atoms with E-state index in [2.05, 4.69) is 20.2 Å². The number of rotatable bonds is 2. The Kier molecular flexibility index (Phi) is 3.70. The van der Waals surface area contributed by atoms with Gasteiger partial charge < -0.3 is 4.84 Å². The zero-order valence-corrected chi connectivity index (χ0v) is 12.5. The fourth-order valence-electron chi connectivity index (χ4n) is 1.79. The minimum Gasteiger partial charge on any atom is -0.385 e. The molecule has 1 aliphatic rings. The van der Waals surface area contributed by atoms with Gasteiger partial charge in [-0.15, -0.1) is 5.10 Å². The molecule has 2 rings (SSSR count). The van der Waals surface area contributed by atoms with Crippen molar-refractivity contribution in [2.75, 3.05) is 0 Å². The quantitative estimate of drug-likeness (QED) is 0.753. The molecule has 2 heterocycles. The van der Waals surface area contributed by atoms with E-state index >= 15 is 0 Å². The van der Waals surface area contributed by atoms with E-state index in [1.54, 1.807) is 0 Å². The summed E-state index contributed by atoms with van der Waals surface area (Å²) >= 11 is 0. The molecule has 0 aromatic carbocycles. The summed E-state index contributed by atoms with van der Waals surface area (Å²) in [5.74, 6) is -1.17. The summed E-state index contributed by atoms with van der Waals surface area (Å²) in [6, 6.07) is 0. The number of halogens is 4. The van der Waals surface area contributed by atoms with Crippen LogP contribution < -0.4 is 0 Å². The first-order chi connectivity index (χ1) is 9.84. The highest BCUT2D eigenvalue weighted by atomic mass is 32.2. The second-order valence-electron chi connectivity index (χ2n) is 5.23. The summed E-state index contributed by atoms with van der Waals surface area (Å²) in [5.41, 5.74) is -3.76. The number of nitrogens with zero attached hydrogens (tertiary/aromatic N) is 4. The summed E-state index contributed by atoms with van der Waals surface area (Å²) in [5, 5.41) is 8.68. The normalized spacial score (nSPS) is 21.6. The largest absolute Gasteiger partial charge is 0.437 e. The van der Waals surface area contributed by atoms with Gasteiger partial charge in [0.2, 0.25) is 14.9 Å². The second kappa shape index (κ2) is 4.89. The molecule has 0 aliphatic carbocycles. The van der Waals surface area contributed by atoms with E-state index in [-0.39, 0.29) is 0 Å². The SMILES string of the molecule is Cn1nc(CS(=O)(=O)C2=NOC(C)(C)C2F)c(C(F)(F)F)n1. The number of hydrogen-bond donors (Lipinski definition) is 0. The Morgan fingerprint density at radius 3 is 2.36 bits per heavy atom. The Bertz CT molecular complexity index is 723. The maximum Gasteiger partial charge on any atom is 0.437 e. The minimum absolute atomic E-state index is 0.595. The van der Waals surface area contributed by atoms with Gasteiger partial charge >= 0.3 is 6.18 Å². The van der Waals surface area contributed by atoms with Gasteiger partial charge in [-0.1, -0.05) is 5.16 Å². The second-order valence-corrected chi connectivity index (χ2v) is 7.16. The lowest BCUT2D eigenvalue weighted by Crippen LogP contribution is -2.37. The Morgan fingerprint density at radius 2 is 1.91 bits per heavy atom. The molecule has 1 atom stereocenters. The molecule has 0 fully saturated rings. The number of aromatic nitrogens is 3. The Labute approximate surface area is 122 Å². The van der Waals surface area contributed by atoms with Crippen LogP contribution >= 0.6 is 0 Å². The van der Waals surface area contributed by atoms with E-state index < -0.39 is 50.0 Å². The molecular formula is C10H12F4N4O3S. The first-order valence-corrected chi connectivity index (χ1v) is 7.60. The lowest BCUT2D eigenvalue weighted by molar-refractivity contribution is -0.142. The van der Waals surface area contributed by atoms with Crippen LogP contribution in [-0.2, 0) is 33.7 Å². The van der Waals surface area contributed by atoms with Crippen molar-refractivity contribution in [2.45, 2.75) is 37.5 Å². The van der Waals surface area contributed by atoms with Crippen molar-refractivity contribution >= 4 is 14.9 Å². The topological polar surface area (TPSA) is 86.4 Å². The van der Waals surface area contributed by atoms with Gasteiger partial charge in [0.05, 0.1) is 0 Å². The van der Waals surface area contributed by atoms with Crippen LogP contribution in [0.4, 0.5) is 17.6 Å². The molecule has 0 spiro atoms. The molecular weight excluding hydrogens is 332 g/mol. The Morgan fingerprint density at radius 1 is 1.32 bits per heavy atom. The maximum atomic E-state index is 14.0. The van der Waals surface area contributed by atoms with Gasteiger partial charge in [-0.2, -0.15) is 23.1 Å². The fourth-order valence-corrected chi connectivity index (χ4v) is 3.24. The zero-order valence-electron chi connectivity index (χ0n) is 11.7. The maximum absolute atomic E-state index is 14.0. The molecule has 7 nitrogen and oxygen atoms in total. The van der Waals surface area contributed by atoms with Gasteiger partial charge in [-0.3, -0.25) is 0 Å². The van der Waals surface area contributed by atoms with Crippen LogP contribution in [0.2, 0.25) is 0 Å². The van der Waals surface area contributed by atoms with Crippen LogP contribution in [0.25, 0.3) is 0 Å². The van der Waals surface area contributed by atoms with E-state index in [4.69, 9.17) is 0 Å². The third-order valence-electron chi connectivity index (χ3n) is 2.90. The van der Waals surface area contributed by atoms with Crippen molar-refractivity contribution in [2.24, 2.45) is 12.2 Å². The monoisotopic (exact) mass is 344 g/mol. The molecule has 0 radical (unpaired) electrons. The van der Waals surface area contributed by atoms with Gasteiger partial charge in [-0.25, -0.2) is 12.8 Å². The number of sulfone groups is 1. The average Bonchev–Trinajstić information content (AvgIpc) is 2.80. The summed E-state index contributed by atoms with van der Waals surface area (Å²) in [6.45, 7) is 2.54. The summed E-state index contributed by atoms with van der Waals surface area (Å²) in [4.78, 5) is 5.26. The van der Waals surface area contributed by atoms with Crippen LogP contribution in [0.3, 0.4) is 0 Å². The van der Waals surface area contributed by atoms with Gasteiger partial charge in [-0.05, 0) is 13.8 Å². The van der Waals surface area contributed by atoms with Gasteiger partial charge in [0.15, 0.2) is 17.5 Å². The molecule has 1 aromatic rings. The van der Waals surface area contributed by atoms with Gasteiger partial charge in [0.25, 0.3) is 0 Å². The molecule has 1 aromatic heterocycles. The highest BCUT2D eigenvalue weighted by Gasteiger charge is 2.48. The van der Waals surface area contributed by atoms with Crippen LogP contribution in [0.15, 0.2) is 5.16 Å². The molecule has 12 heteroatoms. The van der Waals surface area contributed by atoms with Crippen molar-refractivity contribution in [3.8, 4) is 0 Å². The summed E-state index contributed by atoms with van der Waals surface area (Å²) in [7, 11) is -3.35. The predicted octanol–water partition coefficient (Wildman–Crippen LogP) is 1.21. The van der Waals surface area contributed by atoms with E-state index in [1.165, 1.54) is 13.8 Å². The van der Waals surface area contributed by atoms with Crippen molar-refractivity contribution in [1.82, 2.24) is 15.0 Å². The Balaban J connectivity index is 2.36. The zero-order chi connectivity index (χ0) is 16.9. The van der Waals surface area contributed by atoms with E-state index in [9.17, 15) is 26.0 Å².